The number of carbonyl (C=O) groups excluding carboxylic acids is 1. The number of carbonyl (C=O) groups is 1. The summed E-state index contributed by atoms with van der Waals surface area (Å²) in [6.07, 6.45) is 0.248. The molecule has 0 aliphatic carbocycles. The van der Waals surface area contributed by atoms with Gasteiger partial charge in [-0.15, -0.1) is 0 Å². The first kappa shape index (κ1) is 7.24. The van der Waals surface area contributed by atoms with Crippen LogP contribution in [0.15, 0.2) is 11.8 Å². The molecule has 0 aromatic carbocycles. The Labute approximate surface area is 57.7 Å². The van der Waals surface area contributed by atoms with E-state index in [1.165, 1.54) is 6.08 Å². The van der Waals surface area contributed by atoms with Crippen LogP contribution in [0.5, 0.6) is 0 Å². The Hall–Kier alpha value is -0.870. The van der Waals surface area contributed by atoms with Crippen molar-refractivity contribution in [2.45, 2.75) is 12.2 Å². The Balaban J connectivity index is 2.56. The number of ether oxygens (including phenoxy) is 1. The van der Waals surface area contributed by atoms with Crippen molar-refractivity contribution >= 4 is 6.29 Å². The molecule has 4 heteroatoms. The van der Waals surface area contributed by atoms with Gasteiger partial charge >= 0.3 is 0 Å². The Morgan fingerprint density at radius 2 is 2.50 bits per heavy atom. The molecule has 2 N–H and O–H groups in total. The van der Waals surface area contributed by atoms with Crippen molar-refractivity contribution in [1.82, 2.24) is 0 Å². The second-order valence-electron chi connectivity index (χ2n) is 2.02. The maximum absolute atomic E-state index is 10.0. The third-order valence-electron chi connectivity index (χ3n) is 1.30. The molecule has 0 radical (unpaired) electrons. The molecule has 1 heterocycles. The number of hydrogen-bond acceptors (Lipinski definition) is 4. The van der Waals surface area contributed by atoms with Crippen molar-refractivity contribution in [2.75, 3.05) is 6.61 Å². The summed E-state index contributed by atoms with van der Waals surface area (Å²) in [4.78, 5) is 10.0. The summed E-state index contributed by atoms with van der Waals surface area (Å²) < 4.78 is 4.77. The van der Waals surface area contributed by atoms with Gasteiger partial charge < -0.3 is 14.9 Å². The van der Waals surface area contributed by atoms with Crippen LogP contribution in [0, 0.1) is 0 Å². The van der Waals surface area contributed by atoms with Crippen molar-refractivity contribution < 1.29 is 19.7 Å². The zero-order valence-electron chi connectivity index (χ0n) is 5.23. The van der Waals surface area contributed by atoms with Crippen molar-refractivity contribution in [2.24, 2.45) is 0 Å². The fourth-order valence-corrected chi connectivity index (χ4v) is 0.772. The SMILES string of the molecule is O=CC1=C[C@@H](O)C(CO)O1. The predicted octanol–water partition coefficient (Wildman–Crippen LogP) is -1.18. The standard InChI is InChI=1S/C6H8O4/c7-2-4-1-5(9)6(3-8)10-4/h1-2,5-6,8-9H,3H2/t5-,6?/m1/s1. The number of aliphatic hydroxyl groups is 2. The van der Waals surface area contributed by atoms with Gasteiger partial charge in [0.1, 0.15) is 6.10 Å². The molecule has 56 valence electrons. The van der Waals surface area contributed by atoms with Gasteiger partial charge in [-0.05, 0) is 6.08 Å². The van der Waals surface area contributed by atoms with Crippen LogP contribution in [-0.4, -0.2) is 35.3 Å². The molecule has 0 aromatic rings. The normalized spacial score (nSPS) is 31.2. The van der Waals surface area contributed by atoms with E-state index in [1.54, 1.807) is 0 Å². The van der Waals surface area contributed by atoms with Gasteiger partial charge in [0, 0.05) is 0 Å². The zero-order chi connectivity index (χ0) is 7.56. The maximum atomic E-state index is 10.0. The molecule has 1 aliphatic heterocycles. The Morgan fingerprint density at radius 3 is 2.80 bits per heavy atom. The highest BCUT2D eigenvalue weighted by molar-refractivity contribution is 5.71. The van der Waals surface area contributed by atoms with Gasteiger partial charge in [-0.25, -0.2) is 0 Å². The summed E-state index contributed by atoms with van der Waals surface area (Å²) in [5.41, 5.74) is 0. The van der Waals surface area contributed by atoms with E-state index in [2.05, 4.69) is 0 Å². The summed E-state index contributed by atoms with van der Waals surface area (Å²) in [5, 5.41) is 17.5. The summed E-state index contributed by atoms with van der Waals surface area (Å²) in [5.74, 6) is 0.0894. The van der Waals surface area contributed by atoms with Crippen LogP contribution in [-0.2, 0) is 9.53 Å². The third kappa shape index (κ3) is 1.17. The molecular formula is C6H8O4. The van der Waals surface area contributed by atoms with Crippen molar-refractivity contribution in [1.29, 1.82) is 0 Å². The minimum atomic E-state index is -0.856. The van der Waals surface area contributed by atoms with Crippen LogP contribution >= 0.6 is 0 Å². The molecule has 4 nitrogen and oxygen atoms in total. The van der Waals surface area contributed by atoms with E-state index in [-0.39, 0.29) is 12.4 Å². The second kappa shape index (κ2) is 2.81. The largest absolute Gasteiger partial charge is 0.482 e. The Bertz CT molecular complexity index is 163. The predicted molar refractivity (Wildman–Crippen MR) is 32.1 cm³/mol. The average Bonchev–Trinajstić information content (AvgIpc) is 2.30. The lowest BCUT2D eigenvalue weighted by Gasteiger charge is -2.10. The first-order valence-electron chi connectivity index (χ1n) is 2.90. The summed E-state index contributed by atoms with van der Waals surface area (Å²) in [6, 6.07) is 0. The summed E-state index contributed by atoms with van der Waals surface area (Å²) in [7, 11) is 0. The molecule has 0 amide bonds. The number of aliphatic hydroxyl groups excluding tert-OH is 2. The Kier molecular flexibility index (Phi) is 2.03. The van der Waals surface area contributed by atoms with Gasteiger partial charge in [-0.1, -0.05) is 0 Å². The third-order valence-corrected chi connectivity index (χ3v) is 1.30. The van der Waals surface area contributed by atoms with Gasteiger partial charge in [0.2, 0.25) is 0 Å². The molecule has 1 rings (SSSR count). The van der Waals surface area contributed by atoms with E-state index in [0.717, 1.165) is 0 Å². The topological polar surface area (TPSA) is 66.8 Å². The van der Waals surface area contributed by atoms with Crippen LogP contribution in [0.3, 0.4) is 0 Å². The van der Waals surface area contributed by atoms with E-state index in [9.17, 15) is 4.79 Å². The molecule has 2 atom stereocenters. The molecule has 10 heavy (non-hydrogen) atoms. The van der Waals surface area contributed by atoms with Gasteiger partial charge in [0.05, 0.1) is 6.61 Å². The number of aldehydes is 1. The molecule has 0 bridgehead atoms. The van der Waals surface area contributed by atoms with Crippen molar-refractivity contribution in [3.8, 4) is 0 Å². The quantitative estimate of drug-likeness (QED) is 0.479. The van der Waals surface area contributed by atoms with Crippen LogP contribution in [0.1, 0.15) is 0 Å². The van der Waals surface area contributed by atoms with Gasteiger partial charge in [-0.2, -0.15) is 0 Å². The minimum absolute atomic E-state index is 0.0894. The number of rotatable bonds is 2. The molecule has 1 unspecified atom stereocenters. The van der Waals surface area contributed by atoms with Crippen LogP contribution < -0.4 is 0 Å². The molecule has 0 aromatic heterocycles. The van der Waals surface area contributed by atoms with E-state index in [0.29, 0.717) is 6.29 Å². The van der Waals surface area contributed by atoms with Gasteiger partial charge in [0.25, 0.3) is 0 Å². The first-order valence-corrected chi connectivity index (χ1v) is 2.90. The van der Waals surface area contributed by atoms with Gasteiger partial charge in [0.15, 0.2) is 18.1 Å². The maximum Gasteiger partial charge on any atom is 0.184 e. The zero-order valence-corrected chi connectivity index (χ0v) is 5.23. The fourth-order valence-electron chi connectivity index (χ4n) is 0.772. The minimum Gasteiger partial charge on any atom is -0.482 e. The Morgan fingerprint density at radius 1 is 1.80 bits per heavy atom. The molecule has 0 spiro atoms. The van der Waals surface area contributed by atoms with E-state index in [1.807, 2.05) is 0 Å². The summed E-state index contributed by atoms with van der Waals surface area (Å²) in [6.45, 7) is -0.283. The fraction of sp³-hybridized carbons (Fsp3) is 0.500. The van der Waals surface area contributed by atoms with E-state index in [4.69, 9.17) is 14.9 Å². The highest BCUT2D eigenvalue weighted by atomic mass is 16.5. The monoisotopic (exact) mass is 144 g/mol. The molecule has 0 saturated carbocycles. The number of hydrogen-bond donors (Lipinski definition) is 2. The molecule has 0 fully saturated rings. The number of allylic oxidation sites excluding steroid dienone is 1. The highest BCUT2D eigenvalue weighted by Crippen LogP contribution is 2.14. The lowest BCUT2D eigenvalue weighted by atomic mass is 10.2. The second-order valence-corrected chi connectivity index (χ2v) is 2.02. The molecule has 0 saturated heterocycles. The summed E-state index contributed by atoms with van der Waals surface area (Å²) >= 11 is 0. The smallest absolute Gasteiger partial charge is 0.184 e. The van der Waals surface area contributed by atoms with Crippen molar-refractivity contribution in [3.63, 3.8) is 0 Å². The van der Waals surface area contributed by atoms with E-state index >= 15 is 0 Å². The van der Waals surface area contributed by atoms with Crippen LogP contribution in [0.2, 0.25) is 0 Å². The van der Waals surface area contributed by atoms with Crippen LogP contribution in [0.25, 0.3) is 0 Å². The highest BCUT2D eigenvalue weighted by Gasteiger charge is 2.25. The van der Waals surface area contributed by atoms with Crippen molar-refractivity contribution in [3.05, 3.63) is 11.8 Å². The van der Waals surface area contributed by atoms with E-state index < -0.39 is 12.2 Å². The molecule has 1 aliphatic rings. The average molecular weight is 144 g/mol. The lowest BCUT2D eigenvalue weighted by molar-refractivity contribution is -0.108. The van der Waals surface area contributed by atoms with Crippen LogP contribution in [0.4, 0.5) is 0 Å². The van der Waals surface area contributed by atoms with Gasteiger partial charge in [-0.3, -0.25) is 4.79 Å². The first-order chi connectivity index (χ1) is 4.77. The molecular weight excluding hydrogens is 136 g/mol. The lowest BCUT2D eigenvalue weighted by Crippen LogP contribution is -2.25.